The summed E-state index contributed by atoms with van der Waals surface area (Å²) in [7, 11) is 3.26. The highest BCUT2D eigenvalue weighted by Gasteiger charge is 2.33. The van der Waals surface area contributed by atoms with Gasteiger partial charge in [0.05, 0.1) is 31.8 Å². The van der Waals surface area contributed by atoms with E-state index in [9.17, 15) is 19.5 Å². The first-order valence-corrected chi connectivity index (χ1v) is 18.2. The Morgan fingerprint density at radius 1 is 0.920 bits per heavy atom. The summed E-state index contributed by atoms with van der Waals surface area (Å²) in [6.07, 6.45) is 0.727. The van der Waals surface area contributed by atoms with Crippen LogP contribution in [0.5, 0.6) is 11.5 Å². The van der Waals surface area contributed by atoms with Gasteiger partial charge in [-0.05, 0) is 73.5 Å². The molecular weight excluding hydrogens is 644 g/mol. The van der Waals surface area contributed by atoms with Crippen molar-refractivity contribution in [2.24, 2.45) is 35.5 Å². The highest BCUT2D eigenvalue weighted by atomic mass is 16.7. The van der Waals surface area contributed by atoms with Gasteiger partial charge < -0.3 is 44.2 Å². The van der Waals surface area contributed by atoms with Crippen LogP contribution in [0.1, 0.15) is 86.1 Å². The number of nitrogens with one attached hydrogen (secondary N) is 2. The number of carbonyl (C=O) groups is 3. The van der Waals surface area contributed by atoms with Crippen LogP contribution in [0.2, 0.25) is 0 Å². The maximum atomic E-state index is 13.4. The fourth-order valence-electron chi connectivity index (χ4n) is 5.97. The quantitative estimate of drug-likeness (QED) is 0.0798. The Kier molecular flexibility index (Phi) is 19.5. The number of aliphatic hydroxyl groups is 1. The molecule has 286 valence electrons. The Labute approximate surface area is 299 Å². The summed E-state index contributed by atoms with van der Waals surface area (Å²) in [4.78, 5) is 38.7. The molecule has 1 aromatic carbocycles. The summed E-state index contributed by atoms with van der Waals surface area (Å²) in [5, 5.41) is 17.7. The average Bonchev–Trinajstić information content (AvgIpc) is 3.07. The van der Waals surface area contributed by atoms with E-state index in [1.54, 1.807) is 28.1 Å². The molecule has 1 saturated heterocycles. The largest absolute Gasteiger partial charge is 0.493 e. The van der Waals surface area contributed by atoms with Crippen LogP contribution in [0.25, 0.3) is 0 Å². The standard InChI is InChI=1S/C38H64N2O10/c1-24(2)30(19-29-11-12-34(46-9)35(20-29)48-16-10-15-45-8)21-32(40-38(44)50-27(7)49-37(43)26(5)6)33(41)22-31(25(3)4)36(42)39-23-28-13-17-47-18-14-28/h11-12,20,24-28,30-33,41H,10,13-19,21-23H2,1-9H3,(H,39,42)(H,40,44)/t27?,30-,31+,32+,33-/m1/s1. The number of amides is 2. The minimum atomic E-state index is -1.12. The Hall–Kier alpha value is -3.09. The van der Waals surface area contributed by atoms with E-state index in [4.69, 9.17) is 28.4 Å². The number of ether oxygens (including phenoxy) is 6. The number of methoxy groups -OCH3 is 2. The molecule has 0 radical (unpaired) electrons. The van der Waals surface area contributed by atoms with Crippen LogP contribution in [-0.2, 0) is 35.0 Å². The van der Waals surface area contributed by atoms with E-state index < -0.39 is 36.4 Å². The van der Waals surface area contributed by atoms with Gasteiger partial charge in [-0.2, -0.15) is 0 Å². The fraction of sp³-hybridized carbons (Fsp3) is 0.763. The van der Waals surface area contributed by atoms with E-state index in [0.717, 1.165) is 24.8 Å². The SMILES string of the molecule is COCCCOc1cc(C[C@H](C[C@H](NC(=O)OC(C)OC(=O)C(C)C)[C@H](O)C[C@H](C(=O)NCC2CCOCC2)C(C)C)C(C)C)ccc1OC. The minimum absolute atomic E-state index is 0.0146. The van der Waals surface area contributed by atoms with Gasteiger partial charge in [0, 0.05) is 52.7 Å². The second kappa shape index (κ2) is 22.7. The minimum Gasteiger partial charge on any atom is -0.493 e. The van der Waals surface area contributed by atoms with E-state index in [1.165, 1.54) is 6.92 Å². The van der Waals surface area contributed by atoms with Crippen LogP contribution in [0.15, 0.2) is 18.2 Å². The number of benzene rings is 1. The first-order valence-electron chi connectivity index (χ1n) is 18.2. The van der Waals surface area contributed by atoms with Gasteiger partial charge in [0.2, 0.25) is 12.2 Å². The van der Waals surface area contributed by atoms with Crippen LogP contribution in [0.4, 0.5) is 4.79 Å². The molecule has 5 atom stereocenters. The van der Waals surface area contributed by atoms with Gasteiger partial charge in [-0.3, -0.25) is 9.59 Å². The summed E-state index contributed by atoms with van der Waals surface area (Å²) in [5.74, 6) is 0.301. The van der Waals surface area contributed by atoms with E-state index in [1.807, 2.05) is 32.0 Å². The molecule has 1 aliphatic heterocycles. The van der Waals surface area contributed by atoms with Crippen molar-refractivity contribution in [1.82, 2.24) is 10.6 Å². The molecule has 0 spiro atoms. The summed E-state index contributed by atoms with van der Waals surface area (Å²) in [6.45, 7) is 16.0. The number of esters is 1. The van der Waals surface area contributed by atoms with Crippen LogP contribution in [0, 0.1) is 35.5 Å². The zero-order valence-electron chi connectivity index (χ0n) is 31.8. The van der Waals surface area contributed by atoms with Crippen LogP contribution < -0.4 is 20.1 Å². The summed E-state index contributed by atoms with van der Waals surface area (Å²) in [5.41, 5.74) is 1.02. The molecular formula is C38H64N2O10. The summed E-state index contributed by atoms with van der Waals surface area (Å²) in [6, 6.07) is 5.09. The van der Waals surface area contributed by atoms with Crippen molar-refractivity contribution in [2.45, 2.75) is 105 Å². The lowest BCUT2D eigenvalue weighted by Crippen LogP contribution is -2.48. The van der Waals surface area contributed by atoms with E-state index in [0.29, 0.717) is 63.2 Å². The molecule has 1 unspecified atom stereocenters. The number of aliphatic hydroxyl groups excluding tert-OH is 1. The summed E-state index contributed by atoms with van der Waals surface area (Å²) >= 11 is 0. The molecule has 1 fully saturated rings. The first kappa shape index (κ1) is 43.1. The number of hydrogen-bond donors (Lipinski definition) is 3. The predicted octanol–water partition coefficient (Wildman–Crippen LogP) is 5.52. The van der Waals surface area contributed by atoms with Crippen molar-refractivity contribution < 1.29 is 47.9 Å². The lowest BCUT2D eigenvalue weighted by Gasteiger charge is -2.33. The monoisotopic (exact) mass is 708 g/mol. The molecule has 2 amide bonds. The topological polar surface area (TPSA) is 151 Å². The highest BCUT2D eigenvalue weighted by Crippen LogP contribution is 2.32. The van der Waals surface area contributed by atoms with Crippen LogP contribution in [0.3, 0.4) is 0 Å². The Bertz CT molecular complexity index is 1150. The molecule has 0 saturated carbocycles. The maximum Gasteiger partial charge on any atom is 0.410 e. The third kappa shape index (κ3) is 15.4. The fourth-order valence-corrected chi connectivity index (χ4v) is 5.97. The van der Waals surface area contributed by atoms with Crippen molar-refractivity contribution in [3.8, 4) is 11.5 Å². The van der Waals surface area contributed by atoms with Gasteiger partial charge in [-0.25, -0.2) is 4.79 Å². The maximum absolute atomic E-state index is 13.4. The molecule has 12 nitrogen and oxygen atoms in total. The molecule has 3 N–H and O–H groups in total. The van der Waals surface area contributed by atoms with E-state index >= 15 is 0 Å². The highest BCUT2D eigenvalue weighted by molar-refractivity contribution is 5.79. The molecule has 2 rings (SSSR count). The normalized spacial score (nSPS) is 16.7. The second-order valence-corrected chi connectivity index (χ2v) is 14.4. The Morgan fingerprint density at radius 2 is 1.62 bits per heavy atom. The van der Waals surface area contributed by atoms with Crippen molar-refractivity contribution in [2.75, 3.05) is 47.2 Å². The number of rotatable bonds is 22. The molecule has 1 heterocycles. The van der Waals surface area contributed by atoms with E-state index in [-0.39, 0.29) is 36.0 Å². The van der Waals surface area contributed by atoms with Gasteiger partial charge >= 0.3 is 12.1 Å². The van der Waals surface area contributed by atoms with Gasteiger partial charge in [0.15, 0.2) is 11.5 Å². The molecule has 0 aliphatic carbocycles. The number of alkyl carbamates (subject to hydrolysis) is 1. The van der Waals surface area contributed by atoms with Crippen molar-refractivity contribution >= 4 is 18.0 Å². The van der Waals surface area contributed by atoms with Crippen LogP contribution >= 0.6 is 0 Å². The number of carbonyl (C=O) groups excluding carboxylic acids is 3. The molecule has 1 aromatic rings. The Balaban J connectivity index is 2.27. The third-order valence-electron chi connectivity index (χ3n) is 9.31. The molecule has 1 aliphatic rings. The molecule has 12 heteroatoms. The van der Waals surface area contributed by atoms with E-state index in [2.05, 4.69) is 24.5 Å². The van der Waals surface area contributed by atoms with Crippen molar-refractivity contribution in [3.63, 3.8) is 0 Å². The van der Waals surface area contributed by atoms with Crippen LogP contribution in [-0.4, -0.2) is 88.7 Å². The lowest BCUT2D eigenvalue weighted by atomic mass is 9.80. The third-order valence-corrected chi connectivity index (χ3v) is 9.31. The molecule has 50 heavy (non-hydrogen) atoms. The molecule has 0 bridgehead atoms. The average molecular weight is 709 g/mol. The van der Waals surface area contributed by atoms with Gasteiger partial charge in [-0.15, -0.1) is 0 Å². The smallest absolute Gasteiger partial charge is 0.410 e. The first-order chi connectivity index (χ1) is 23.7. The summed E-state index contributed by atoms with van der Waals surface area (Å²) < 4.78 is 32.7. The van der Waals surface area contributed by atoms with Gasteiger partial charge in [0.1, 0.15) is 0 Å². The van der Waals surface area contributed by atoms with Crippen molar-refractivity contribution in [3.05, 3.63) is 23.8 Å². The second-order valence-electron chi connectivity index (χ2n) is 14.4. The van der Waals surface area contributed by atoms with Gasteiger partial charge in [-0.1, -0.05) is 47.6 Å². The lowest BCUT2D eigenvalue weighted by molar-refractivity contribution is -0.168. The number of hydrogen-bond acceptors (Lipinski definition) is 10. The predicted molar refractivity (Wildman–Crippen MR) is 191 cm³/mol. The van der Waals surface area contributed by atoms with Crippen molar-refractivity contribution in [1.29, 1.82) is 0 Å². The molecule has 0 aromatic heterocycles. The zero-order chi connectivity index (χ0) is 37.2. The zero-order valence-corrected chi connectivity index (χ0v) is 31.8. The van der Waals surface area contributed by atoms with Gasteiger partial charge in [0.25, 0.3) is 0 Å². The Morgan fingerprint density at radius 3 is 2.22 bits per heavy atom.